The molecule has 0 aromatic heterocycles. The first-order chi connectivity index (χ1) is 14.2. The lowest BCUT2D eigenvalue weighted by Gasteiger charge is -2.11. The van der Waals surface area contributed by atoms with Gasteiger partial charge in [-0.3, -0.25) is 4.79 Å². The smallest absolute Gasteiger partial charge is 0.416 e. The van der Waals surface area contributed by atoms with Crippen molar-refractivity contribution in [1.82, 2.24) is 0 Å². The van der Waals surface area contributed by atoms with E-state index < -0.39 is 17.7 Å². The summed E-state index contributed by atoms with van der Waals surface area (Å²) in [4.78, 5) is 24.6. The maximum atomic E-state index is 12.7. The third-order valence-corrected chi connectivity index (χ3v) is 4.45. The zero-order valence-electron chi connectivity index (χ0n) is 17.0. The van der Waals surface area contributed by atoms with Gasteiger partial charge >= 0.3 is 12.1 Å². The Labute approximate surface area is 173 Å². The van der Waals surface area contributed by atoms with Crippen LogP contribution in [0.2, 0.25) is 0 Å². The van der Waals surface area contributed by atoms with Crippen molar-refractivity contribution in [1.29, 1.82) is 0 Å². The number of hydrogen-bond acceptors (Lipinski definition) is 4. The Hall–Kier alpha value is -3.09. The lowest BCUT2D eigenvalue weighted by Crippen LogP contribution is -2.08. The van der Waals surface area contributed by atoms with Gasteiger partial charge in [-0.1, -0.05) is 25.1 Å². The van der Waals surface area contributed by atoms with Gasteiger partial charge in [0, 0.05) is 23.1 Å². The Kier molecular flexibility index (Phi) is 7.80. The van der Waals surface area contributed by atoms with Crippen molar-refractivity contribution in [3.8, 4) is 5.75 Å². The van der Waals surface area contributed by atoms with E-state index in [0.717, 1.165) is 24.3 Å². The van der Waals surface area contributed by atoms with Crippen molar-refractivity contribution in [3.63, 3.8) is 0 Å². The molecule has 0 unspecified atom stereocenters. The van der Waals surface area contributed by atoms with Gasteiger partial charge in [0.05, 0.1) is 19.3 Å². The lowest BCUT2D eigenvalue weighted by atomic mass is 9.98. The van der Waals surface area contributed by atoms with Crippen molar-refractivity contribution in [2.45, 2.75) is 32.9 Å². The second-order valence-corrected chi connectivity index (χ2v) is 6.49. The topological polar surface area (TPSA) is 52.6 Å². The third kappa shape index (κ3) is 5.95. The molecule has 4 nitrogen and oxygen atoms in total. The third-order valence-electron chi connectivity index (χ3n) is 4.45. The highest BCUT2D eigenvalue weighted by Gasteiger charge is 2.30. The van der Waals surface area contributed by atoms with Gasteiger partial charge in [0.15, 0.2) is 5.78 Å². The summed E-state index contributed by atoms with van der Waals surface area (Å²) in [6, 6.07) is 9.25. The number of carbonyl (C=O) groups excluding carboxylic acids is 2. The second-order valence-electron chi connectivity index (χ2n) is 6.49. The number of alkyl halides is 3. The molecule has 0 amide bonds. The van der Waals surface area contributed by atoms with Crippen LogP contribution in [0.5, 0.6) is 5.75 Å². The molecule has 0 aliphatic carbocycles. The molecule has 0 saturated carbocycles. The van der Waals surface area contributed by atoms with E-state index in [9.17, 15) is 22.8 Å². The first-order valence-corrected chi connectivity index (χ1v) is 9.44. The van der Waals surface area contributed by atoms with Gasteiger partial charge in [0.2, 0.25) is 0 Å². The number of Topliss-reactive ketones (excluding diaryl/α,β-unsaturated/α-hetero) is 1. The SMILES string of the molecule is CCOC(=O)C(=Cc1ccc(OC)c(CC(=O)c2ccc(C(F)(F)F)cc2)c1)CC. The van der Waals surface area contributed by atoms with Gasteiger partial charge in [0.1, 0.15) is 5.75 Å². The molecule has 2 aromatic carbocycles. The summed E-state index contributed by atoms with van der Waals surface area (Å²) < 4.78 is 48.5. The van der Waals surface area contributed by atoms with Gasteiger partial charge in [-0.05, 0) is 49.2 Å². The summed E-state index contributed by atoms with van der Waals surface area (Å²) in [5.74, 6) is -0.274. The molecule has 0 heterocycles. The highest BCUT2D eigenvalue weighted by molar-refractivity contribution is 5.98. The fourth-order valence-corrected chi connectivity index (χ4v) is 2.88. The Bertz CT molecular complexity index is 928. The van der Waals surface area contributed by atoms with Crippen LogP contribution in [0.1, 0.15) is 47.3 Å². The summed E-state index contributed by atoms with van der Waals surface area (Å²) in [6.07, 6.45) is -2.35. The molecule has 0 atom stereocenters. The van der Waals surface area contributed by atoms with E-state index in [4.69, 9.17) is 9.47 Å². The highest BCUT2D eigenvalue weighted by atomic mass is 19.4. The van der Waals surface area contributed by atoms with Crippen LogP contribution < -0.4 is 4.74 Å². The van der Waals surface area contributed by atoms with Crippen molar-refractivity contribution in [2.75, 3.05) is 13.7 Å². The quantitative estimate of drug-likeness (QED) is 0.322. The number of ether oxygens (including phenoxy) is 2. The van der Waals surface area contributed by atoms with Crippen LogP contribution in [0.3, 0.4) is 0 Å². The molecule has 7 heteroatoms. The van der Waals surface area contributed by atoms with E-state index in [1.54, 1.807) is 31.2 Å². The highest BCUT2D eigenvalue weighted by Crippen LogP contribution is 2.29. The number of halogens is 3. The van der Waals surface area contributed by atoms with E-state index >= 15 is 0 Å². The summed E-state index contributed by atoms with van der Waals surface area (Å²) in [7, 11) is 1.47. The summed E-state index contributed by atoms with van der Waals surface area (Å²) in [6.45, 7) is 3.83. The van der Waals surface area contributed by atoms with Gasteiger partial charge in [-0.25, -0.2) is 4.79 Å². The Balaban J connectivity index is 2.29. The zero-order chi connectivity index (χ0) is 22.3. The van der Waals surface area contributed by atoms with Crippen LogP contribution in [0.15, 0.2) is 48.0 Å². The van der Waals surface area contributed by atoms with E-state index in [0.29, 0.717) is 28.9 Å². The van der Waals surface area contributed by atoms with Gasteiger partial charge in [0.25, 0.3) is 0 Å². The molecule has 30 heavy (non-hydrogen) atoms. The molecule has 0 N–H and O–H groups in total. The van der Waals surface area contributed by atoms with Crippen LogP contribution in [0.25, 0.3) is 6.08 Å². The molecular formula is C23H23F3O4. The number of esters is 1. The molecule has 160 valence electrons. The fourth-order valence-electron chi connectivity index (χ4n) is 2.88. The minimum atomic E-state index is -4.46. The Morgan fingerprint density at radius 2 is 1.70 bits per heavy atom. The predicted molar refractivity (Wildman–Crippen MR) is 107 cm³/mol. The maximum Gasteiger partial charge on any atom is 0.416 e. The average molecular weight is 420 g/mol. The number of rotatable bonds is 8. The Morgan fingerprint density at radius 1 is 1.03 bits per heavy atom. The number of carbonyl (C=O) groups is 2. The molecule has 0 bridgehead atoms. The first-order valence-electron chi connectivity index (χ1n) is 9.44. The maximum absolute atomic E-state index is 12.7. The molecule has 0 spiro atoms. The van der Waals surface area contributed by atoms with Crippen LogP contribution in [-0.2, 0) is 22.1 Å². The lowest BCUT2D eigenvalue weighted by molar-refractivity contribution is -0.139. The van der Waals surface area contributed by atoms with Crippen molar-refractivity contribution >= 4 is 17.8 Å². The van der Waals surface area contributed by atoms with Crippen LogP contribution in [0.4, 0.5) is 13.2 Å². The van der Waals surface area contributed by atoms with E-state index in [2.05, 4.69) is 0 Å². The molecule has 2 aromatic rings. The minimum Gasteiger partial charge on any atom is -0.496 e. The van der Waals surface area contributed by atoms with Crippen LogP contribution in [-0.4, -0.2) is 25.5 Å². The minimum absolute atomic E-state index is 0.0584. The van der Waals surface area contributed by atoms with E-state index in [-0.39, 0.29) is 24.4 Å². The normalized spacial score (nSPS) is 11.9. The molecule has 0 aliphatic rings. The molecule has 2 rings (SSSR count). The number of hydrogen-bond donors (Lipinski definition) is 0. The van der Waals surface area contributed by atoms with Gasteiger partial charge < -0.3 is 9.47 Å². The first kappa shape index (κ1) is 23.2. The fraction of sp³-hybridized carbons (Fsp3) is 0.304. The summed E-state index contributed by atoms with van der Waals surface area (Å²) in [5.41, 5.74) is 1.11. The summed E-state index contributed by atoms with van der Waals surface area (Å²) >= 11 is 0. The number of benzene rings is 2. The van der Waals surface area contributed by atoms with Gasteiger partial charge in [-0.15, -0.1) is 0 Å². The molecule has 0 saturated heterocycles. The van der Waals surface area contributed by atoms with E-state index in [1.165, 1.54) is 7.11 Å². The molecule has 0 aliphatic heterocycles. The second kappa shape index (κ2) is 10.1. The predicted octanol–water partition coefficient (Wildman–Crippen LogP) is 5.50. The Morgan fingerprint density at radius 3 is 2.23 bits per heavy atom. The van der Waals surface area contributed by atoms with Crippen molar-refractivity contribution < 1.29 is 32.2 Å². The van der Waals surface area contributed by atoms with Gasteiger partial charge in [-0.2, -0.15) is 13.2 Å². The number of methoxy groups -OCH3 is 1. The molecular weight excluding hydrogens is 397 g/mol. The molecule has 0 radical (unpaired) electrons. The van der Waals surface area contributed by atoms with Crippen LogP contribution in [0, 0.1) is 0 Å². The molecule has 0 fully saturated rings. The zero-order valence-corrected chi connectivity index (χ0v) is 17.0. The standard InChI is InChI=1S/C23H23F3O4/c1-4-16(22(28)30-5-2)12-15-6-11-21(29-3)18(13-15)14-20(27)17-7-9-19(10-8-17)23(24,25)26/h6-13H,4-5,14H2,1-3H3. The largest absolute Gasteiger partial charge is 0.496 e. The van der Waals surface area contributed by atoms with Crippen molar-refractivity contribution in [3.05, 3.63) is 70.3 Å². The average Bonchev–Trinajstić information content (AvgIpc) is 2.71. The monoisotopic (exact) mass is 420 g/mol. The van der Waals surface area contributed by atoms with Crippen LogP contribution >= 0.6 is 0 Å². The van der Waals surface area contributed by atoms with Crippen molar-refractivity contribution in [2.24, 2.45) is 0 Å². The summed E-state index contributed by atoms with van der Waals surface area (Å²) in [5, 5.41) is 0. The van der Waals surface area contributed by atoms with E-state index in [1.807, 2.05) is 6.92 Å². The number of ketones is 1.